The number of benzene rings is 1. The molecule has 0 aliphatic carbocycles. The van der Waals surface area contributed by atoms with Gasteiger partial charge in [0.2, 0.25) is 0 Å². The first-order valence-electron chi connectivity index (χ1n) is 6.10. The minimum atomic E-state index is -0.239. The van der Waals surface area contributed by atoms with Crippen LogP contribution in [-0.4, -0.2) is 9.55 Å². The molecule has 3 nitrogen and oxygen atoms in total. The van der Waals surface area contributed by atoms with Gasteiger partial charge in [0.05, 0.1) is 0 Å². The van der Waals surface area contributed by atoms with Crippen LogP contribution in [0.2, 0.25) is 0 Å². The maximum atomic E-state index is 12.8. The minimum absolute atomic E-state index is 0.155. The van der Waals surface area contributed by atoms with Crippen molar-refractivity contribution in [2.45, 2.75) is 32.4 Å². The van der Waals surface area contributed by atoms with E-state index in [9.17, 15) is 4.39 Å². The Labute approximate surface area is 106 Å². The Bertz CT molecular complexity index is 502. The summed E-state index contributed by atoms with van der Waals surface area (Å²) in [6, 6.07) is 6.17. The number of hydrogen-bond donors (Lipinski definition) is 1. The average molecular weight is 247 g/mol. The fourth-order valence-electron chi connectivity index (χ4n) is 2.00. The predicted octanol–water partition coefficient (Wildman–Crippen LogP) is 2.85. The molecule has 1 aromatic carbocycles. The van der Waals surface area contributed by atoms with Gasteiger partial charge in [-0.25, -0.2) is 9.37 Å². The molecule has 0 aliphatic heterocycles. The summed E-state index contributed by atoms with van der Waals surface area (Å²) in [5.41, 5.74) is 7.06. The fourth-order valence-corrected chi connectivity index (χ4v) is 2.00. The van der Waals surface area contributed by atoms with Crippen molar-refractivity contribution in [1.29, 1.82) is 0 Å². The van der Waals surface area contributed by atoms with Gasteiger partial charge < -0.3 is 10.3 Å². The minimum Gasteiger partial charge on any atom is -0.333 e. The summed E-state index contributed by atoms with van der Waals surface area (Å²) in [4.78, 5) is 4.32. The van der Waals surface area contributed by atoms with Crippen LogP contribution in [0.15, 0.2) is 36.7 Å². The van der Waals surface area contributed by atoms with Gasteiger partial charge in [0, 0.05) is 30.9 Å². The molecule has 2 aromatic rings. The molecule has 0 bridgehead atoms. The molecule has 96 valence electrons. The molecule has 0 fully saturated rings. The molecule has 0 radical (unpaired) electrons. The van der Waals surface area contributed by atoms with Gasteiger partial charge in [-0.15, -0.1) is 0 Å². The Morgan fingerprint density at radius 1 is 1.28 bits per heavy atom. The summed E-state index contributed by atoms with van der Waals surface area (Å²) >= 11 is 0. The van der Waals surface area contributed by atoms with Gasteiger partial charge in [0.15, 0.2) is 0 Å². The van der Waals surface area contributed by atoms with Gasteiger partial charge in [0.25, 0.3) is 0 Å². The van der Waals surface area contributed by atoms with Crippen molar-refractivity contribution >= 4 is 0 Å². The van der Waals surface area contributed by atoms with Gasteiger partial charge >= 0.3 is 0 Å². The number of hydrogen-bond acceptors (Lipinski definition) is 2. The van der Waals surface area contributed by atoms with Crippen LogP contribution in [0.3, 0.4) is 0 Å². The topological polar surface area (TPSA) is 43.8 Å². The second kappa shape index (κ2) is 5.31. The molecule has 0 amide bonds. The van der Waals surface area contributed by atoms with Crippen LogP contribution in [0, 0.1) is 5.82 Å². The highest BCUT2D eigenvalue weighted by molar-refractivity contribution is 5.19. The molecular formula is C14H18FN3. The lowest BCUT2D eigenvalue weighted by molar-refractivity contribution is 0.540. The van der Waals surface area contributed by atoms with Gasteiger partial charge in [-0.2, -0.15) is 0 Å². The molecule has 1 heterocycles. The largest absolute Gasteiger partial charge is 0.333 e. The Morgan fingerprint density at radius 3 is 2.56 bits per heavy atom. The summed E-state index contributed by atoms with van der Waals surface area (Å²) in [6.45, 7) is 4.85. The number of nitrogens with zero attached hydrogens (tertiary/aromatic N) is 2. The molecule has 0 aliphatic rings. The summed E-state index contributed by atoms with van der Waals surface area (Å²) in [5.74, 6) is 1.14. The molecule has 4 heteroatoms. The van der Waals surface area contributed by atoms with Crippen LogP contribution >= 0.6 is 0 Å². The fraction of sp³-hybridized carbons (Fsp3) is 0.357. The summed E-state index contributed by atoms with van der Waals surface area (Å²) in [6.07, 6.45) is 3.71. The van der Waals surface area contributed by atoms with Crippen molar-refractivity contribution < 1.29 is 4.39 Å². The van der Waals surface area contributed by atoms with Crippen LogP contribution in [0.4, 0.5) is 4.39 Å². The molecule has 0 spiro atoms. The number of nitrogens with two attached hydrogens (primary N) is 1. The zero-order chi connectivity index (χ0) is 13.1. The first-order chi connectivity index (χ1) is 8.58. The SMILES string of the molecule is CC(C)c1nccn1CC(N)c1ccc(F)cc1. The van der Waals surface area contributed by atoms with Gasteiger partial charge in [-0.1, -0.05) is 26.0 Å². The molecule has 2 rings (SSSR count). The highest BCUT2D eigenvalue weighted by atomic mass is 19.1. The van der Waals surface area contributed by atoms with E-state index in [1.54, 1.807) is 18.3 Å². The lowest BCUT2D eigenvalue weighted by Crippen LogP contribution is -2.19. The molecule has 0 saturated carbocycles. The lowest BCUT2D eigenvalue weighted by Gasteiger charge is -2.16. The van der Waals surface area contributed by atoms with Crippen molar-refractivity contribution in [3.63, 3.8) is 0 Å². The molecular weight excluding hydrogens is 229 g/mol. The Kier molecular flexibility index (Phi) is 3.77. The number of aromatic nitrogens is 2. The van der Waals surface area contributed by atoms with Crippen molar-refractivity contribution in [3.8, 4) is 0 Å². The van der Waals surface area contributed by atoms with E-state index in [4.69, 9.17) is 5.73 Å². The third-order valence-electron chi connectivity index (χ3n) is 2.96. The van der Waals surface area contributed by atoms with E-state index in [-0.39, 0.29) is 11.9 Å². The van der Waals surface area contributed by atoms with E-state index >= 15 is 0 Å². The van der Waals surface area contributed by atoms with E-state index in [1.165, 1.54) is 12.1 Å². The van der Waals surface area contributed by atoms with Gasteiger partial charge in [-0.3, -0.25) is 0 Å². The Balaban J connectivity index is 2.13. The summed E-state index contributed by atoms with van der Waals surface area (Å²) < 4.78 is 14.9. The first kappa shape index (κ1) is 12.8. The molecule has 1 atom stereocenters. The smallest absolute Gasteiger partial charge is 0.123 e. The average Bonchev–Trinajstić information content (AvgIpc) is 2.78. The number of rotatable bonds is 4. The third kappa shape index (κ3) is 2.76. The maximum absolute atomic E-state index is 12.8. The van der Waals surface area contributed by atoms with Crippen LogP contribution in [0.1, 0.15) is 37.2 Å². The highest BCUT2D eigenvalue weighted by Gasteiger charge is 2.11. The standard InChI is InChI=1S/C14H18FN3/c1-10(2)14-17-7-8-18(14)9-13(16)11-3-5-12(15)6-4-11/h3-8,10,13H,9,16H2,1-2H3. The van der Waals surface area contributed by atoms with Crippen LogP contribution in [0.5, 0.6) is 0 Å². The molecule has 1 unspecified atom stereocenters. The molecule has 18 heavy (non-hydrogen) atoms. The van der Waals surface area contributed by atoms with Gasteiger partial charge in [-0.05, 0) is 17.7 Å². The normalized spacial score (nSPS) is 12.9. The predicted molar refractivity (Wildman–Crippen MR) is 69.6 cm³/mol. The third-order valence-corrected chi connectivity index (χ3v) is 2.96. The monoisotopic (exact) mass is 247 g/mol. The van der Waals surface area contributed by atoms with E-state index < -0.39 is 0 Å². The van der Waals surface area contributed by atoms with E-state index in [1.807, 2.05) is 6.20 Å². The number of imidazole rings is 1. The van der Waals surface area contributed by atoms with Crippen molar-refractivity contribution in [3.05, 3.63) is 53.9 Å². The van der Waals surface area contributed by atoms with Gasteiger partial charge in [0.1, 0.15) is 11.6 Å². The van der Waals surface area contributed by atoms with E-state index in [0.717, 1.165) is 11.4 Å². The zero-order valence-electron chi connectivity index (χ0n) is 10.7. The number of halogens is 1. The van der Waals surface area contributed by atoms with E-state index in [2.05, 4.69) is 23.4 Å². The maximum Gasteiger partial charge on any atom is 0.123 e. The summed E-state index contributed by atoms with van der Waals surface area (Å²) in [5, 5.41) is 0. The van der Waals surface area contributed by atoms with Crippen molar-refractivity contribution in [1.82, 2.24) is 9.55 Å². The second-order valence-corrected chi connectivity index (χ2v) is 4.75. The molecule has 0 saturated heterocycles. The van der Waals surface area contributed by atoms with Crippen LogP contribution in [0.25, 0.3) is 0 Å². The Hall–Kier alpha value is -1.68. The lowest BCUT2D eigenvalue weighted by atomic mass is 10.1. The van der Waals surface area contributed by atoms with Crippen molar-refractivity contribution in [2.75, 3.05) is 0 Å². The van der Waals surface area contributed by atoms with Crippen LogP contribution < -0.4 is 5.73 Å². The first-order valence-corrected chi connectivity index (χ1v) is 6.10. The van der Waals surface area contributed by atoms with Crippen LogP contribution in [-0.2, 0) is 6.54 Å². The Morgan fingerprint density at radius 2 is 1.94 bits per heavy atom. The van der Waals surface area contributed by atoms with Crippen molar-refractivity contribution in [2.24, 2.45) is 5.73 Å². The van der Waals surface area contributed by atoms with E-state index in [0.29, 0.717) is 12.5 Å². The molecule has 1 aromatic heterocycles. The summed E-state index contributed by atoms with van der Waals surface area (Å²) in [7, 11) is 0. The second-order valence-electron chi connectivity index (χ2n) is 4.75. The highest BCUT2D eigenvalue weighted by Crippen LogP contribution is 2.17. The zero-order valence-corrected chi connectivity index (χ0v) is 10.7. The molecule has 2 N–H and O–H groups in total. The quantitative estimate of drug-likeness (QED) is 0.902.